The lowest BCUT2D eigenvalue weighted by molar-refractivity contribution is -0.140. The number of benzene rings is 1. The van der Waals surface area contributed by atoms with E-state index in [0.717, 1.165) is 11.1 Å². The Balaban J connectivity index is 1.56. The molecule has 8 heteroatoms. The van der Waals surface area contributed by atoms with Crippen LogP contribution in [0.15, 0.2) is 23.8 Å². The molecule has 1 aromatic carbocycles. The van der Waals surface area contributed by atoms with Gasteiger partial charge in [-0.25, -0.2) is 0 Å². The molecule has 1 aromatic rings. The Hall–Kier alpha value is -3.16. The molecular weight excluding hydrogens is 336 g/mol. The van der Waals surface area contributed by atoms with Gasteiger partial charge in [-0.1, -0.05) is 12.1 Å². The van der Waals surface area contributed by atoms with Gasteiger partial charge in [0, 0.05) is 30.1 Å². The summed E-state index contributed by atoms with van der Waals surface area (Å²) in [6, 6.07) is 5.14. The number of fused-ring (bicyclic) bond motifs is 1. The van der Waals surface area contributed by atoms with Gasteiger partial charge in [0.1, 0.15) is 5.84 Å². The number of hydrogen-bond acceptors (Lipinski definition) is 4. The summed E-state index contributed by atoms with van der Waals surface area (Å²) in [4.78, 5) is 34.9. The number of carbonyl (C=O) groups is 3. The van der Waals surface area contributed by atoms with E-state index < -0.39 is 11.9 Å². The highest BCUT2D eigenvalue weighted by atomic mass is 16.4. The van der Waals surface area contributed by atoms with E-state index in [0.29, 0.717) is 24.0 Å². The summed E-state index contributed by atoms with van der Waals surface area (Å²) in [6.07, 6.45) is 2.47. The van der Waals surface area contributed by atoms with Crippen molar-refractivity contribution in [3.8, 4) is 0 Å². The Morgan fingerprint density at radius 1 is 1.38 bits per heavy atom. The number of carboxylic acid groups (broad SMARTS) is 1. The number of nitrogens with one attached hydrogen (secondary N) is 3. The second-order valence-electron chi connectivity index (χ2n) is 6.62. The maximum absolute atomic E-state index is 12.4. The summed E-state index contributed by atoms with van der Waals surface area (Å²) in [5.41, 5.74) is 8.57. The van der Waals surface area contributed by atoms with Gasteiger partial charge in [-0.3, -0.25) is 19.8 Å². The molecule has 2 amide bonds. The van der Waals surface area contributed by atoms with Crippen LogP contribution in [0.3, 0.4) is 0 Å². The number of hydrogen-bond donors (Lipinski definition) is 5. The van der Waals surface area contributed by atoms with Crippen LogP contribution < -0.4 is 16.4 Å². The van der Waals surface area contributed by atoms with Crippen molar-refractivity contribution in [3.63, 3.8) is 0 Å². The first-order valence-electron chi connectivity index (χ1n) is 8.31. The van der Waals surface area contributed by atoms with Crippen LogP contribution in [0.2, 0.25) is 0 Å². The molecule has 1 saturated heterocycles. The van der Waals surface area contributed by atoms with E-state index in [1.165, 1.54) is 0 Å². The fourth-order valence-electron chi connectivity index (χ4n) is 3.33. The van der Waals surface area contributed by atoms with Crippen molar-refractivity contribution in [1.82, 2.24) is 10.6 Å². The molecule has 0 aromatic heterocycles. The van der Waals surface area contributed by atoms with Crippen LogP contribution in [-0.4, -0.2) is 41.3 Å². The normalized spacial score (nSPS) is 20.9. The summed E-state index contributed by atoms with van der Waals surface area (Å²) in [5.74, 6) is -2.08. The van der Waals surface area contributed by atoms with E-state index >= 15 is 0 Å². The Bertz CT molecular complexity index is 830. The predicted molar refractivity (Wildman–Crippen MR) is 94.4 cm³/mol. The van der Waals surface area contributed by atoms with Gasteiger partial charge in [0.2, 0.25) is 11.8 Å². The molecule has 3 rings (SSSR count). The third-order valence-corrected chi connectivity index (χ3v) is 4.68. The summed E-state index contributed by atoms with van der Waals surface area (Å²) < 4.78 is 0. The third-order valence-electron chi connectivity index (χ3n) is 4.68. The van der Waals surface area contributed by atoms with E-state index in [-0.39, 0.29) is 36.7 Å². The van der Waals surface area contributed by atoms with E-state index in [2.05, 4.69) is 10.6 Å². The molecule has 1 fully saturated rings. The van der Waals surface area contributed by atoms with E-state index in [4.69, 9.17) is 16.2 Å². The minimum absolute atomic E-state index is 0.0213. The van der Waals surface area contributed by atoms with Gasteiger partial charge in [-0.2, -0.15) is 0 Å². The minimum atomic E-state index is -1.01. The fraction of sp³-hybridized carbons (Fsp3) is 0.333. The smallest absolute Gasteiger partial charge is 0.304 e. The van der Waals surface area contributed by atoms with Gasteiger partial charge in [-0.05, 0) is 29.7 Å². The largest absolute Gasteiger partial charge is 0.481 e. The predicted octanol–water partition coefficient (Wildman–Crippen LogP) is 0.00577. The second-order valence-corrected chi connectivity index (χ2v) is 6.62. The van der Waals surface area contributed by atoms with Crippen LogP contribution in [0.5, 0.6) is 0 Å². The Morgan fingerprint density at radius 3 is 2.85 bits per heavy atom. The lowest BCUT2D eigenvalue weighted by Gasteiger charge is -2.11. The number of carbonyl (C=O) groups excluding carboxylic acids is 2. The number of amides is 2. The highest BCUT2D eigenvalue weighted by Crippen LogP contribution is 2.26. The maximum atomic E-state index is 12.4. The first kappa shape index (κ1) is 17.7. The average molecular weight is 356 g/mol. The highest BCUT2D eigenvalue weighted by molar-refractivity contribution is 6.01. The number of nitrogens with two attached hydrogens (primary N) is 1. The number of carboxylic acids is 1. The number of aliphatic carboxylic acids is 1. The first-order valence-corrected chi connectivity index (χ1v) is 8.31. The zero-order chi connectivity index (χ0) is 18.8. The molecule has 0 saturated carbocycles. The molecule has 8 nitrogen and oxygen atoms in total. The van der Waals surface area contributed by atoms with Gasteiger partial charge in [0.25, 0.3) is 0 Å². The van der Waals surface area contributed by atoms with Crippen LogP contribution in [-0.2, 0) is 20.8 Å². The minimum Gasteiger partial charge on any atom is -0.481 e. The van der Waals surface area contributed by atoms with E-state index in [9.17, 15) is 14.4 Å². The topological polar surface area (TPSA) is 145 Å². The molecule has 6 N–H and O–H groups in total. The monoisotopic (exact) mass is 356 g/mol. The fourth-order valence-corrected chi connectivity index (χ4v) is 3.33. The van der Waals surface area contributed by atoms with Crippen LogP contribution in [0.25, 0.3) is 6.08 Å². The summed E-state index contributed by atoms with van der Waals surface area (Å²) in [6.45, 7) is 0.257. The van der Waals surface area contributed by atoms with Crippen LogP contribution in [0.1, 0.15) is 29.5 Å². The molecule has 0 spiro atoms. The summed E-state index contributed by atoms with van der Waals surface area (Å²) in [5, 5.41) is 21.8. The summed E-state index contributed by atoms with van der Waals surface area (Å²) >= 11 is 0. The van der Waals surface area contributed by atoms with Crippen LogP contribution in [0, 0.1) is 11.3 Å². The van der Waals surface area contributed by atoms with Crippen molar-refractivity contribution < 1.29 is 19.5 Å². The molecule has 2 atom stereocenters. The molecule has 0 bridgehead atoms. The lowest BCUT2D eigenvalue weighted by atomic mass is 10.0. The van der Waals surface area contributed by atoms with Gasteiger partial charge < -0.3 is 21.5 Å². The SMILES string of the molecule is N=C(N)c1ccc2c(c1)C=C(C(=O)NCC1CC(CC(=O)O)C(=O)N1)C2. The first-order chi connectivity index (χ1) is 12.3. The molecule has 2 unspecified atom stereocenters. The molecule has 1 aliphatic heterocycles. The zero-order valence-electron chi connectivity index (χ0n) is 14.0. The molecule has 26 heavy (non-hydrogen) atoms. The Morgan fingerprint density at radius 2 is 2.15 bits per heavy atom. The Kier molecular flexibility index (Phi) is 4.75. The molecule has 0 radical (unpaired) electrons. The maximum Gasteiger partial charge on any atom is 0.304 e. The van der Waals surface area contributed by atoms with Crippen molar-refractivity contribution in [2.75, 3.05) is 6.54 Å². The molecule has 2 aliphatic rings. The van der Waals surface area contributed by atoms with E-state index in [1.807, 2.05) is 6.07 Å². The van der Waals surface area contributed by atoms with Crippen LogP contribution in [0.4, 0.5) is 0 Å². The van der Waals surface area contributed by atoms with Crippen molar-refractivity contribution in [1.29, 1.82) is 5.41 Å². The number of nitrogen functional groups attached to an aromatic ring is 1. The molecule has 1 heterocycles. The van der Waals surface area contributed by atoms with Crippen molar-refractivity contribution in [2.45, 2.75) is 25.3 Å². The molecule has 136 valence electrons. The number of rotatable bonds is 6. The standard InChI is InChI=1S/C18H20N4O4/c19-16(20)10-2-1-9-3-12(5-11(9)4-10)17(25)21-8-14-6-13(7-15(23)24)18(26)22-14/h1-2,4-5,13-14H,3,6-8H2,(H3,19,20)(H,21,25)(H,22,26)(H,23,24). The number of amidine groups is 1. The summed E-state index contributed by atoms with van der Waals surface area (Å²) in [7, 11) is 0. The van der Waals surface area contributed by atoms with Gasteiger partial charge >= 0.3 is 5.97 Å². The molecular formula is C18H20N4O4. The van der Waals surface area contributed by atoms with Crippen LogP contribution >= 0.6 is 0 Å². The lowest BCUT2D eigenvalue weighted by Crippen LogP contribution is -2.39. The van der Waals surface area contributed by atoms with Gasteiger partial charge in [0.05, 0.1) is 12.3 Å². The van der Waals surface area contributed by atoms with Gasteiger partial charge in [-0.15, -0.1) is 0 Å². The highest BCUT2D eigenvalue weighted by Gasteiger charge is 2.33. The zero-order valence-corrected chi connectivity index (χ0v) is 14.0. The second kappa shape index (κ2) is 6.99. The quantitative estimate of drug-likeness (QED) is 0.360. The third kappa shape index (κ3) is 3.74. The average Bonchev–Trinajstić information content (AvgIpc) is 3.15. The van der Waals surface area contributed by atoms with E-state index in [1.54, 1.807) is 18.2 Å². The van der Waals surface area contributed by atoms with Crippen molar-refractivity contribution >= 4 is 29.7 Å². The Labute approximate surface area is 150 Å². The molecule has 1 aliphatic carbocycles. The van der Waals surface area contributed by atoms with Crippen molar-refractivity contribution in [3.05, 3.63) is 40.5 Å². The van der Waals surface area contributed by atoms with Gasteiger partial charge in [0.15, 0.2) is 0 Å². The van der Waals surface area contributed by atoms with Crippen molar-refractivity contribution in [2.24, 2.45) is 11.7 Å².